The molecule has 2 aromatic rings. The van der Waals surface area contributed by atoms with Crippen molar-refractivity contribution >= 4 is 17.6 Å². The maximum Gasteiger partial charge on any atom is 0.387 e. The normalized spacial score (nSPS) is 23.7. The first-order valence-corrected chi connectivity index (χ1v) is 8.85. The summed E-state index contributed by atoms with van der Waals surface area (Å²) in [5.74, 6) is 0.704. The second kappa shape index (κ2) is 6.36. The second-order valence-electron chi connectivity index (χ2n) is 6.99. The number of hydrogen-bond acceptors (Lipinski definition) is 8. The fraction of sp³-hybridized carbons (Fsp3) is 0.471. The highest BCUT2D eigenvalue weighted by molar-refractivity contribution is 5.69. The number of nitrogens with two attached hydrogens (primary N) is 1. The van der Waals surface area contributed by atoms with Gasteiger partial charge in [0.2, 0.25) is 5.95 Å². The van der Waals surface area contributed by atoms with E-state index in [-0.39, 0.29) is 36.8 Å². The van der Waals surface area contributed by atoms with Crippen LogP contribution in [0.3, 0.4) is 0 Å². The van der Waals surface area contributed by atoms with Crippen molar-refractivity contribution in [1.82, 2.24) is 15.0 Å². The summed E-state index contributed by atoms with van der Waals surface area (Å²) in [6, 6.07) is 3.39. The Morgan fingerprint density at radius 3 is 2.64 bits per heavy atom. The summed E-state index contributed by atoms with van der Waals surface area (Å²) in [5.41, 5.74) is 6.54. The maximum absolute atomic E-state index is 13.3. The zero-order valence-electron chi connectivity index (χ0n) is 14.6. The molecule has 0 aliphatic carbocycles. The van der Waals surface area contributed by atoms with Crippen molar-refractivity contribution < 1.29 is 22.6 Å². The lowest BCUT2D eigenvalue weighted by Gasteiger charge is -2.55. The lowest BCUT2D eigenvalue weighted by Crippen LogP contribution is -2.71. The van der Waals surface area contributed by atoms with Crippen molar-refractivity contribution in [1.29, 1.82) is 0 Å². The zero-order valence-corrected chi connectivity index (χ0v) is 14.6. The molecule has 1 unspecified atom stereocenters. The number of pyridine rings is 1. The van der Waals surface area contributed by atoms with E-state index in [1.807, 2.05) is 0 Å². The van der Waals surface area contributed by atoms with Crippen molar-refractivity contribution in [3.05, 3.63) is 18.3 Å². The van der Waals surface area contributed by atoms with Crippen LogP contribution in [0.25, 0.3) is 11.3 Å². The topological polar surface area (TPSA) is 89.6 Å². The van der Waals surface area contributed by atoms with Gasteiger partial charge in [-0.25, -0.2) is 14.4 Å². The predicted molar refractivity (Wildman–Crippen MR) is 94.3 cm³/mol. The van der Waals surface area contributed by atoms with Gasteiger partial charge in [-0.3, -0.25) is 0 Å². The highest BCUT2D eigenvalue weighted by atomic mass is 19.3. The average Bonchev–Trinajstić information content (AvgIpc) is 2.62. The van der Waals surface area contributed by atoms with Crippen LogP contribution >= 0.6 is 0 Å². The number of aromatic nitrogens is 3. The molecule has 11 heteroatoms. The number of halogens is 3. The predicted octanol–water partition coefficient (Wildman–Crippen LogP) is 1.47. The molecule has 3 fully saturated rings. The Morgan fingerprint density at radius 1 is 1.21 bits per heavy atom. The summed E-state index contributed by atoms with van der Waals surface area (Å²) >= 11 is 0. The molecule has 0 spiro atoms. The van der Waals surface area contributed by atoms with Crippen LogP contribution in [0.2, 0.25) is 0 Å². The molecule has 2 N–H and O–H groups in total. The summed E-state index contributed by atoms with van der Waals surface area (Å²) in [6.07, 6.45) is 0.738. The Bertz CT molecular complexity index is 910. The van der Waals surface area contributed by atoms with Crippen molar-refractivity contribution in [2.45, 2.75) is 24.9 Å². The van der Waals surface area contributed by atoms with Gasteiger partial charge in [-0.15, -0.1) is 0 Å². The van der Waals surface area contributed by atoms with E-state index in [1.54, 1.807) is 11.0 Å². The van der Waals surface area contributed by atoms with Gasteiger partial charge >= 0.3 is 6.61 Å². The Hall–Kier alpha value is -2.82. The van der Waals surface area contributed by atoms with Gasteiger partial charge in [0.15, 0.2) is 11.6 Å². The molecule has 2 atom stereocenters. The maximum atomic E-state index is 13.3. The number of nitrogen functional groups attached to an aromatic ring is 1. The van der Waals surface area contributed by atoms with Gasteiger partial charge in [0.05, 0.1) is 37.5 Å². The van der Waals surface area contributed by atoms with Crippen LogP contribution in [-0.4, -0.2) is 66.1 Å². The van der Waals surface area contributed by atoms with E-state index in [4.69, 9.17) is 10.5 Å². The summed E-state index contributed by atoms with van der Waals surface area (Å²) in [5, 5.41) is 0. The second-order valence-corrected chi connectivity index (χ2v) is 6.99. The largest absolute Gasteiger partial charge is 0.431 e. The highest BCUT2D eigenvalue weighted by Crippen LogP contribution is 2.37. The number of fused-ring (bicyclic) bond motifs is 1. The molecular weight excluding hydrogens is 377 g/mol. The number of nitrogens with zero attached hydrogens (tertiary/aromatic N) is 5. The third-order valence-corrected chi connectivity index (χ3v) is 5.20. The van der Waals surface area contributed by atoms with E-state index in [0.29, 0.717) is 36.2 Å². The van der Waals surface area contributed by atoms with Crippen LogP contribution in [0.15, 0.2) is 18.3 Å². The molecule has 0 saturated carbocycles. The van der Waals surface area contributed by atoms with Gasteiger partial charge in [-0.1, -0.05) is 0 Å². The Kier molecular flexibility index (Phi) is 3.93. The summed E-state index contributed by atoms with van der Waals surface area (Å²) in [7, 11) is 0. The van der Waals surface area contributed by atoms with Crippen LogP contribution in [0, 0.1) is 0 Å². The van der Waals surface area contributed by atoms with Crippen LogP contribution < -0.4 is 20.3 Å². The minimum atomic E-state index is -3.02. The zero-order chi connectivity index (χ0) is 19.4. The van der Waals surface area contributed by atoms with Crippen molar-refractivity contribution in [2.24, 2.45) is 0 Å². The molecule has 0 aromatic carbocycles. The molecule has 0 radical (unpaired) electrons. The van der Waals surface area contributed by atoms with E-state index in [9.17, 15) is 13.2 Å². The fourth-order valence-electron chi connectivity index (χ4n) is 3.47. The first kappa shape index (κ1) is 17.3. The number of hydrogen-bond donors (Lipinski definition) is 1. The van der Waals surface area contributed by atoms with Gasteiger partial charge < -0.3 is 25.0 Å². The third kappa shape index (κ3) is 2.86. The molecule has 8 nitrogen and oxygen atoms in total. The summed E-state index contributed by atoms with van der Waals surface area (Å²) < 4.78 is 48.4. The molecule has 5 heterocycles. The molecule has 0 bridgehead atoms. The Labute approximate surface area is 158 Å². The van der Waals surface area contributed by atoms with E-state index >= 15 is 0 Å². The molecule has 3 aliphatic rings. The number of rotatable bonds is 5. The fourth-order valence-corrected chi connectivity index (χ4v) is 3.47. The van der Waals surface area contributed by atoms with Crippen molar-refractivity contribution in [2.75, 3.05) is 41.8 Å². The molecule has 5 rings (SSSR count). The summed E-state index contributed by atoms with van der Waals surface area (Å²) in [6.45, 7) is -1.23. The monoisotopic (exact) mass is 394 g/mol. The minimum Gasteiger partial charge on any atom is -0.431 e. The number of alkyl halides is 3. The molecule has 148 valence electrons. The Morgan fingerprint density at radius 2 is 2.04 bits per heavy atom. The minimum absolute atomic E-state index is 0.140. The lowest BCUT2D eigenvalue weighted by atomic mass is 9.95. The molecule has 28 heavy (non-hydrogen) atoms. The van der Waals surface area contributed by atoms with Gasteiger partial charge in [0, 0.05) is 24.4 Å². The standard InChI is InChI=1S/C17H17F3N6O2/c18-9-4-25(5-9)17-23-10(2-14(24-17)26-6-13-11(26)7-27-13)8-1-12(28-16(19)20)15(21)22-3-8/h1-3,9,11,13,16H,4-7H2,(H2,21,22)/t11-,13?/m1/s1. The van der Waals surface area contributed by atoms with Crippen LogP contribution in [0.1, 0.15) is 0 Å². The quantitative estimate of drug-likeness (QED) is 0.816. The van der Waals surface area contributed by atoms with E-state index in [0.717, 1.165) is 0 Å². The lowest BCUT2D eigenvalue weighted by molar-refractivity contribution is -0.113. The van der Waals surface area contributed by atoms with E-state index in [2.05, 4.69) is 24.6 Å². The van der Waals surface area contributed by atoms with Crippen LogP contribution in [-0.2, 0) is 4.74 Å². The number of morpholine rings is 1. The van der Waals surface area contributed by atoms with Crippen molar-refractivity contribution in [3.8, 4) is 17.0 Å². The third-order valence-electron chi connectivity index (χ3n) is 5.20. The first-order valence-electron chi connectivity index (χ1n) is 8.85. The first-order chi connectivity index (χ1) is 13.5. The molecule has 3 saturated heterocycles. The SMILES string of the molecule is Nc1ncc(-c2cc(N3CC4OC[C@H]43)nc(N3CC(F)C3)n2)cc1OC(F)F. The molecule has 2 aromatic heterocycles. The summed E-state index contributed by atoms with van der Waals surface area (Å²) in [4.78, 5) is 16.8. The highest BCUT2D eigenvalue weighted by Gasteiger charge is 2.48. The average molecular weight is 394 g/mol. The van der Waals surface area contributed by atoms with Crippen molar-refractivity contribution in [3.63, 3.8) is 0 Å². The van der Waals surface area contributed by atoms with E-state index < -0.39 is 12.8 Å². The molecule has 3 aliphatic heterocycles. The smallest absolute Gasteiger partial charge is 0.387 e. The van der Waals surface area contributed by atoms with Gasteiger partial charge in [0.25, 0.3) is 0 Å². The van der Waals surface area contributed by atoms with Gasteiger partial charge in [0.1, 0.15) is 12.0 Å². The molecular formula is C17H17F3N6O2. The van der Waals surface area contributed by atoms with E-state index in [1.165, 1.54) is 12.3 Å². The number of anilines is 3. The molecule has 0 amide bonds. The van der Waals surface area contributed by atoms with Crippen LogP contribution in [0.5, 0.6) is 5.75 Å². The van der Waals surface area contributed by atoms with Gasteiger partial charge in [-0.2, -0.15) is 13.8 Å². The number of ether oxygens (including phenoxy) is 2. The van der Waals surface area contributed by atoms with Crippen LogP contribution in [0.4, 0.5) is 30.8 Å². The van der Waals surface area contributed by atoms with Gasteiger partial charge in [-0.05, 0) is 6.07 Å². The Balaban J connectivity index is 1.52.